The van der Waals surface area contributed by atoms with Crippen LogP contribution in [0.3, 0.4) is 0 Å². The fraction of sp³-hybridized carbons (Fsp3) is 0.952. The van der Waals surface area contributed by atoms with Gasteiger partial charge in [0.15, 0.2) is 12.2 Å². The first-order valence-corrected chi connectivity index (χ1v) is 46.6. The number of ether oxygens (including phenoxy) is 4. The maximum Gasteiger partial charge on any atom is 0.472 e. The molecular weight excluding hydrogens is 1340 g/mol. The summed E-state index contributed by atoms with van der Waals surface area (Å²) in [7, 11) is -9.92. The Balaban J connectivity index is 5.25. The lowest BCUT2D eigenvalue weighted by atomic mass is 10.0. The molecule has 5 atom stereocenters. The van der Waals surface area contributed by atoms with E-state index < -0.39 is 97.5 Å². The lowest BCUT2D eigenvalue weighted by Gasteiger charge is -2.21. The number of aliphatic hydroxyl groups excluding tert-OH is 1. The van der Waals surface area contributed by atoms with Crippen molar-refractivity contribution >= 4 is 39.5 Å². The molecule has 17 nitrogen and oxygen atoms in total. The average Bonchev–Trinajstić information content (AvgIpc) is 0.911. The van der Waals surface area contributed by atoms with Crippen LogP contribution in [0.2, 0.25) is 0 Å². The summed E-state index contributed by atoms with van der Waals surface area (Å²) in [5.74, 6) is -1.31. The third-order valence-corrected chi connectivity index (χ3v) is 21.7. The fourth-order valence-electron chi connectivity index (χ4n) is 13.1. The third-order valence-electron chi connectivity index (χ3n) is 19.8. The van der Waals surface area contributed by atoms with Gasteiger partial charge in [-0.25, -0.2) is 9.13 Å². The summed E-state index contributed by atoms with van der Waals surface area (Å²) in [4.78, 5) is 73.2. The van der Waals surface area contributed by atoms with E-state index in [0.29, 0.717) is 25.7 Å². The first-order chi connectivity index (χ1) is 50.0. The van der Waals surface area contributed by atoms with Crippen molar-refractivity contribution in [3.05, 3.63) is 0 Å². The zero-order valence-electron chi connectivity index (χ0n) is 67.5. The molecule has 0 radical (unpaired) electrons. The quantitative estimate of drug-likeness (QED) is 0.0222. The van der Waals surface area contributed by atoms with Crippen molar-refractivity contribution < 1.29 is 80.2 Å². The van der Waals surface area contributed by atoms with Crippen LogP contribution < -0.4 is 0 Å². The van der Waals surface area contributed by atoms with Crippen molar-refractivity contribution in [2.45, 2.75) is 470 Å². The van der Waals surface area contributed by atoms with E-state index in [-0.39, 0.29) is 25.7 Å². The minimum Gasteiger partial charge on any atom is -0.462 e. The van der Waals surface area contributed by atoms with E-state index in [1.54, 1.807) is 0 Å². The summed E-state index contributed by atoms with van der Waals surface area (Å²) in [6.07, 6.45) is 69.3. The number of esters is 4. The smallest absolute Gasteiger partial charge is 0.462 e. The number of hydrogen-bond acceptors (Lipinski definition) is 15. The third kappa shape index (κ3) is 78.0. The van der Waals surface area contributed by atoms with Crippen LogP contribution in [0.25, 0.3) is 0 Å². The van der Waals surface area contributed by atoms with Gasteiger partial charge in [-0.1, -0.05) is 401 Å². The lowest BCUT2D eigenvalue weighted by Crippen LogP contribution is -2.30. The largest absolute Gasteiger partial charge is 0.472 e. The molecule has 0 aromatic heterocycles. The number of carbonyl (C=O) groups is 4. The number of hydrogen-bond donors (Lipinski definition) is 3. The van der Waals surface area contributed by atoms with Gasteiger partial charge in [0.05, 0.1) is 26.4 Å². The van der Waals surface area contributed by atoms with Gasteiger partial charge in [0, 0.05) is 25.7 Å². The molecule has 0 saturated heterocycles. The van der Waals surface area contributed by atoms with Gasteiger partial charge in [-0.05, 0) is 31.6 Å². The van der Waals surface area contributed by atoms with Crippen LogP contribution in [-0.4, -0.2) is 96.7 Å². The standard InChI is InChI=1S/C84H164O17P2/c1-6-9-12-15-18-21-24-26-28-30-31-33-35-39-44-49-54-59-64-69-83(88)101-80(74-95-82(87)68-63-58-53-48-43-38-34-32-29-27-25-22-19-16-13-10-7-2)76-99-103(92,93)97-72-78(85)71-96-102(90,91)98-75-79(73-94-81(86)67-62-57-52-47-41-23-20-17-14-11-8-3)100-84(89)70-65-60-55-50-45-40-36-37-42-46-51-56-61-66-77(4)5/h77-80,85H,6-76H2,1-5H3,(H,90,91)(H,92,93)/t78-,79+,80+/m0/s1. The summed E-state index contributed by atoms with van der Waals surface area (Å²) in [5.41, 5.74) is 0. The highest BCUT2D eigenvalue weighted by atomic mass is 31.2. The van der Waals surface area contributed by atoms with Gasteiger partial charge in [-0.2, -0.15) is 0 Å². The second kappa shape index (κ2) is 76.8. The molecule has 0 aliphatic heterocycles. The molecule has 0 heterocycles. The average molecular weight is 1510 g/mol. The molecule has 612 valence electrons. The van der Waals surface area contributed by atoms with Crippen LogP contribution in [-0.2, 0) is 65.4 Å². The van der Waals surface area contributed by atoms with Crippen LogP contribution >= 0.6 is 15.6 Å². The summed E-state index contributed by atoms with van der Waals surface area (Å²) < 4.78 is 68.9. The Morgan fingerprint density at radius 2 is 0.447 bits per heavy atom. The van der Waals surface area contributed by atoms with Crippen molar-refractivity contribution in [2.75, 3.05) is 39.6 Å². The molecule has 103 heavy (non-hydrogen) atoms. The van der Waals surface area contributed by atoms with Crippen molar-refractivity contribution in [1.82, 2.24) is 0 Å². The molecule has 0 spiro atoms. The highest BCUT2D eigenvalue weighted by molar-refractivity contribution is 7.47. The molecule has 3 N–H and O–H groups in total. The van der Waals surface area contributed by atoms with Crippen LogP contribution in [0.15, 0.2) is 0 Å². The zero-order chi connectivity index (χ0) is 75.5. The van der Waals surface area contributed by atoms with Crippen molar-refractivity contribution in [2.24, 2.45) is 5.92 Å². The van der Waals surface area contributed by atoms with Crippen LogP contribution in [0.5, 0.6) is 0 Å². The first-order valence-electron chi connectivity index (χ1n) is 43.6. The van der Waals surface area contributed by atoms with E-state index in [9.17, 15) is 43.2 Å². The Hall–Kier alpha value is -1.94. The van der Waals surface area contributed by atoms with Gasteiger partial charge in [-0.3, -0.25) is 37.3 Å². The first kappa shape index (κ1) is 101. The van der Waals surface area contributed by atoms with Gasteiger partial charge in [0.2, 0.25) is 0 Å². The topological polar surface area (TPSA) is 237 Å². The fourth-order valence-corrected chi connectivity index (χ4v) is 14.7. The van der Waals surface area contributed by atoms with E-state index in [0.717, 1.165) is 95.8 Å². The molecule has 0 amide bonds. The summed E-state index contributed by atoms with van der Waals surface area (Å²) >= 11 is 0. The van der Waals surface area contributed by atoms with Crippen LogP contribution in [0.1, 0.15) is 452 Å². The second-order valence-electron chi connectivity index (χ2n) is 30.7. The highest BCUT2D eigenvalue weighted by Gasteiger charge is 2.30. The molecule has 0 aliphatic rings. The number of phosphoric acid groups is 2. The molecule has 19 heteroatoms. The molecule has 0 saturated carbocycles. The minimum atomic E-state index is -4.96. The zero-order valence-corrected chi connectivity index (χ0v) is 69.3. The second-order valence-corrected chi connectivity index (χ2v) is 33.6. The van der Waals surface area contributed by atoms with Gasteiger partial charge in [-0.15, -0.1) is 0 Å². The SMILES string of the molecule is CCCCCCCCCCCCCCCCCCCCCC(=O)O[C@H](COC(=O)CCCCCCCCCCCCCCCCCCC)COP(=O)(O)OC[C@@H](O)COP(=O)(O)OC[C@@H](COC(=O)CCCCCCCCCCCCC)OC(=O)CCCCCCCCCCCCCCCC(C)C. The number of rotatable bonds is 84. The van der Waals surface area contributed by atoms with E-state index in [2.05, 4.69) is 34.6 Å². The Kier molecular flexibility index (Phi) is 75.4. The number of aliphatic hydroxyl groups is 1. The number of unbranched alkanes of at least 4 members (excludes halogenated alkanes) is 56. The van der Waals surface area contributed by atoms with Crippen LogP contribution in [0, 0.1) is 5.92 Å². The van der Waals surface area contributed by atoms with E-state index in [1.807, 2.05) is 0 Å². The molecule has 0 aromatic rings. The van der Waals surface area contributed by atoms with E-state index in [1.165, 1.54) is 276 Å². The molecule has 2 unspecified atom stereocenters. The van der Waals surface area contributed by atoms with Gasteiger partial charge in [0.1, 0.15) is 19.3 Å². The Bertz CT molecular complexity index is 1960. The van der Waals surface area contributed by atoms with Gasteiger partial charge >= 0.3 is 39.5 Å². The molecule has 0 aromatic carbocycles. The predicted octanol–water partition coefficient (Wildman–Crippen LogP) is 25.6. The normalized spacial score (nSPS) is 13.8. The number of carbonyl (C=O) groups excluding carboxylic acids is 4. The van der Waals surface area contributed by atoms with Gasteiger partial charge in [0.25, 0.3) is 0 Å². The molecular formula is C84H164O17P2. The van der Waals surface area contributed by atoms with Crippen molar-refractivity contribution in [3.63, 3.8) is 0 Å². The lowest BCUT2D eigenvalue weighted by molar-refractivity contribution is -0.161. The van der Waals surface area contributed by atoms with E-state index in [4.69, 9.17) is 37.0 Å². The Morgan fingerprint density at radius 1 is 0.262 bits per heavy atom. The molecule has 0 rings (SSSR count). The highest BCUT2D eigenvalue weighted by Crippen LogP contribution is 2.45. The summed E-state index contributed by atoms with van der Waals surface area (Å²) in [6, 6.07) is 0. The summed E-state index contributed by atoms with van der Waals surface area (Å²) in [6.45, 7) is 7.37. The maximum absolute atomic E-state index is 13.1. The monoisotopic (exact) mass is 1510 g/mol. The van der Waals surface area contributed by atoms with Crippen molar-refractivity contribution in [3.8, 4) is 0 Å². The Morgan fingerprint density at radius 3 is 0.660 bits per heavy atom. The summed E-state index contributed by atoms with van der Waals surface area (Å²) in [5, 5.41) is 10.7. The van der Waals surface area contributed by atoms with E-state index >= 15 is 0 Å². The Labute approximate surface area is 632 Å². The molecule has 0 fully saturated rings. The molecule has 0 bridgehead atoms. The van der Waals surface area contributed by atoms with Gasteiger partial charge < -0.3 is 33.8 Å². The maximum atomic E-state index is 13.1. The van der Waals surface area contributed by atoms with Crippen LogP contribution in [0.4, 0.5) is 0 Å². The van der Waals surface area contributed by atoms with Crippen molar-refractivity contribution in [1.29, 1.82) is 0 Å². The minimum absolute atomic E-state index is 0.108. The predicted molar refractivity (Wildman–Crippen MR) is 423 cm³/mol. The molecule has 0 aliphatic carbocycles. The number of phosphoric ester groups is 2.